The number of carboxylic acids is 1. The number of carboxylic acid groups (broad SMARTS) is 1. The van der Waals surface area contributed by atoms with Gasteiger partial charge in [-0.15, -0.1) is 12.4 Å². The zero-order chi connectivity index (χ0) is 15.6. The lowest BCUT2D eigenvalue weighted by Crippen LogP contribution is -2.12. The molecular formula is C14H9ClF4O3. The summed E-state index contributed by atoms with van der Waals surface area (Å²) in [4.78, 5) is 10.6. The number of hydrogen-bond donors (Lipinski definition) is 1. The molecule has 0 aliphatic heterocycles. The second kappa shape index (κ2) is 7.13. The molecule has 0 radical (unpaired) electrons. The van der Waals surface area contributed by atoms with E-state index < -0.39 is 40.6 Å². The molecule has 22 heavy (non-hydrogen) atoms. The zero-order valence-corrected chi connectivity index (χ0v) is 11.6. The number of rotatable bonds is 4. The van der Waals surface area contributed by atoms with Crippen LogP contribution in [0.3, 0.4) is 0 Å². The molecule has 0 bridgehead atoms. The van der Waals surface area contributed by atoms with Gasteiger partial charge in [0.05, 0.1) is 0 Å². The highest BCUT2D eigenvalue weighted by atomic mass is 35.5. The van der Waals surface area contributed by atoms with Gasteiger partial charge in [0.1, 0.15) is 12.2 Å². The topological polar surface area (TPSA) is 46.5 Å². The van der Waals surface area contributed by atoms with E-state index in [4.69, 9.17) is 9.84 Å². The fourth-order valence-electron chi connectivity index (χ4n) is 1.66. The van der Waals surface area contributed by atoms with Gasteiger partial charge in [-0.05, 0) is 5.56 Å². The van der Waals surface area contributed by atoms with E-state index in [1.54, 1.807) is 30.3 Å². The van der Waals surface area contributed by atoms with Gasteiger partial charge in [-0.2, -0.15) is 8.78 Å². The molecule has 0 aliphatic rings. The van der Waals surface area contributed by atoms with Gasteiger partial charge in [0.25, 0.3) is 0 Å². The Labute approximate surface area is 128 Å². The van der Waals surface area contributed by atoms with Gasteiger partial charge in [-0.1, -0.05) is 30.3 Å². The van der Waals surface area contributed by atoms with E-state index in [0.717, 1.165) is 0 Å². The Bertz CT molecular complexity index is 663. The van der Waals surface area contributed by atoms with Crippen LogP contribution < -0.4 is 4.74 Å². The SMILES string of the molecule is Cl.O=C(O)c1c(F)c(F)c(OCc2ccccc2)c(F)c1F. The van der Waals surface area contributed by atoms with E-state index in [1.807, 2.05) is 0 Å². The molecule has 0 amide bonds. The predicted molar refractivity (Wildman–Crippen MR) is 71.3 cm³/mol. The normalized spacial score (nSPS) is 10.0. The van der Waals surface area contributed by atoms with Crippen LogP contribution in [0.15, 0.2) is 30.3 Å². The Kier molecular flexibility index (Phi) is 5.76. The first kappa shape index (κ1) is 17.8. The quantitative estimate of drug-likeness (QED) is 0.679. The van der Waals surface area contributed by atoms with Crippen molar-refractivity contribution in [3.8, 4) is 5.75 Å². The zero-order valence-electron chi connectivity index (χ0n) is 10.8. The van der Waals surface area contributed by atoms with Crippen molar-refractivity contribution in [2.24, 2.45) is 0 Å². The molecule has 2 rings (SSSR count). The van der Waals surface area contributed by atoms with Crippen LogP contribution in [0.5, 0.6) is 5.75 Å². The second-order valence-corrected chi connectivity index (χ2v) is 4.04. The van der Waals surface area contributed by atoms with Crippen LogP contribution in [0.2, 0.25) is 0 Å². The number of hydrogen-bond acceptors (Lipinski definition) is 2. The van der Waals surface area contributed by atoms with Gasteiger partial charge in [-0.25, -0.2) is 13.6 Å². The summed E-state index contributed by atoms with van der Waals surface area (Å²) in [6.07, 6.45) is 0. The standard InChI is InChI=1S/C14H8F4O3.ClH/c15-9-8(14(19)20)10(16)12(18)13(11(9)17)21-6-7-4-2-1-3-5-7;/h1-5H,6H2,(H,19,20);1H. The van der Waals surface area contributed by atoms with Gasteiger partial charge < -0.3 is 9.84 Å². The van der Waals surface area contributed by atoms with Gasteiger partial charge in [0, 0.05) is 0 Å². The molecule has 0 aliphatic carbocycles. The van der Waals surface area contributed by atoms with Gasteiger partial charge >= 0.3 is 5.97 Å². The molecule has 0 saturated carbocycles. The molecule has 118 valence electrons. The smallest absolute Gasteiger partial charge is 0.341 e. The van der Waals surface area contributed by atoms with E-state index in [1.165, 1.54) is 0 Å². The third-order valence-corrected chi connectivity index (χ3v) is 2.66. The molecule has 3 nitrogen and oxygen atoms in total. The maximum atomic E-state index is 13.6. The van der Waals surface area contributed by atoms with Crippen molar-refractivity contribution in [2.75, 3.05) is 0 Å². The molecular weight excluding hydrogens is 328 g/mol. The summed E-state index contributed by atoms with van der Waals surface area (Å²) in [5.74, 6) is -11.2. The Balaban J connectivity index is 0.00000242. The van der Waals surface area contributed by atoms with Crippen molar-refractivity contribution in [3.63, 3.8) is 0 Å². The highest BCUT2D eigenvalue weighted by molar-refractivity contribution is 5.88. The Morgan fingerprint density at radius 3 is 1.91 bits per heavy atom. The minimum absolute atomic E-state index is 0. The van der Waals surface area contributed by atoms with Crippen molar-refractivity contribution in [1.82, 2.24) is 0 Å². The van der Waals surface area contributed by atoms with Crippen molar-refractivity contribution in [1.29, 1.82) is 0 Å². The highest BCUT2D eigenvalue weighted by Gasteiger charge is 2.30. The highest BCUT2D eigenvalue weighted by Crippen LogP contribution is 2.30. The number of benzene rings is 2. The number of carbonyl (C=O) groups is 1. The van der Waals surface area contributed by atoms with Crippen molar-refractivity contribution < 1.29 is 32.2 Å². The van der Waals surface area contributed by atoms with Gasteiger partial charge in [0.2, 0.25) is 11.6 Å². The van der Waals surface area contributed by atoms with E-state index >= 15 is 0 Å². The van der Waals surface area contributed by atoms with Crippen LogP contribution in [0, 0.1) is 23.3 Å². The molecule has 8 heteroatoms. The van der Waals surface area contributed by atoms with Crippen LogP contribution in [0.1, 0.15) is 15.9 Å². The number of halogens is 5. The summed E-state index contributed by atoms with van der Waals surface area (Å²) in [6.45, 7) is -0.333. The summed E-state index contributed by atoms with van der Waals surface area (Å²) in [5, 5.41) is 8.54. The molecule has 0 saturated heterocycles. The van der Waals surface area contributed by atoms with Crippen LogP contribution in [0.4, 0.5) is 17.6 Å². The molecule has 2 aromatic rings. The van der Waals surface area contributed by atoms with Crippen LogP contribution in [0.25, 0.3) is 0 Å². The molecule has 0 spiro atoms. The van der Waals surface area contributed by atoms with E-state index in [2.05, 4.69) is 0 Å². The maximum Gasteiger partial charge on any atom is 0.341 e. The molecule has 1 N–H and O–H groups in total. The molecule has 0 fully saturated rings. The summed E-state index contributed by atoms with van der Waals surface area (Å²) in [6, 6.07) is 8.13. The van der Waals surface area contributed by atoms with Crippen molar-refractivity contribution in [3.05, 3.63) is 64.7 Å². The van der Waals surface area contributed by atoms with Gasteiger partial charge in [-0.3, -0.25) is 0 Å². The summed E-state index contributed by atoms with van der Waals surface area (Å²) < 4.78 is 58.8. The molecule has 0 unspecified atom stereocenters. The molecule has 0 aromatic heterocycles. The Hall–Kier alpha value is -2.28. The van der Waals surface area contributed by atoms with Crippen LogP contribution >= 0.6 is 12.4 Å². The summed E-state index contributed by atoms with van der Waals surface area (Å²) in [7, 11) is 0. The lowest BCUT2D eigenvalue weighted by molar-refractivity contribution is 0.0682. The molecule has 0 atom stereocenters. The average molecular weight is 337 g/mol. The minimum Gasteiger partial charge on any atom is -0.483 e. The first-order valence-corrected chi connectivity index (χ1v) is 5.69. The monoisotopic (exact) mass is 336 g/mol. The minimum atomic E-state index is -2.11. The molecule has 0 heterocycles. The Morgan fingerprint density at radius 1 is 0.955 bits per heavy atom. The van der Waals surface area contributed by atoms with E-state index in [9.17, 15) is 22.4 Å². The van der Waals surface area contributed by atoms with Crippen molar-refractivity contribution in [2.45, 2.75) is 6.61 Å². The first-order valence-electron chi connectivity index (χ1n) is 5.69. The fraction of sp³-hybridized carbons (Fsp3) is 0.0714. The summed E-state index contributed by atoms with van der Waals surface area (Å²) in [5.41, 5.74) is -1.18. The van der Waals surface area contributed by atoms with Gasteiger partial charge in [0.15, 0.2) is 17.4 Å². The third-order valence-electron chi connectivity index (χ3n) is 2.66. The number of ether oxygens (including phenoxy) is 1. The lowest BCUT2D eigenvalue weighted by atomic mass is 10.1. The second-order valence-electron chi connectivity index (χ2n) is 4.04. The van der Waals surface area contributed by atoms with E-state index in [0.29, 0.717) is 5.56 Å². The lowest BCUT2D eigenvalue weighted by Gasteiger charge is -2.11. The number of aromatic carboxylic acids is 1. The largest absolute Gasteiger partial charge is 0.483 e. The maximum absolute atomic E-state index is 13.6. The predicted octanol–water partition coefficient (Wildman–Crippen LogP) is 3.94. The summed E-state index contributed by atoms with van der Waals surface area (Å²) >= 11 is 0. The first-order chi connectivity index (χ1) is 9.93. The molecule has 2 aromatic carbocycles. The fourth-order valence-corrected chi connectivity index (χ4v) is 1.66. The third kappa shape index (κ3) is 3.30. The van der Waals surface area contributed by atoms with Crippen LogP contribution in [-0.4, -0.2) is 11.1 Å². The van der Waals surface area contributed by atoms with E-state index in [-0.39, 0.29) is 19.0 Å². The average Bonchev–Trinajstić information content (AvgIpc) is 2.46. The van der Waals surface area contributed by atoms with Crippen LogP contribution in [-0.2, 0) is 6.61 Å². The van der Waals surface area contributed by atoms with Crippen molar-refractivity contribution >= 4 is 18.4 Å². The Morgan fingerprint density at radius 2 is 1.45 bits per heavy atom.